The van der Waals surface area contributed by atoms with Gasteiger partial charge in [0, 0.05) is 13.1 Å². The highest BCUT2D eigenvalue weighted by atomic mass is 16.5. The summed E-state index contributed by atoms with van der Waals surface area (Å²) in [4.78, 5) is 25.4. The van der Waals surface area contributed by atoms with E-state index in [1.54, 1.807) is 12.1 Å². The van der Waals surface area contributed by atoms with Crippen LogP contribution in [-0.4, -0.2) is 47.7 Å². The summed E-state index contributed by atoms with van der Waals surface area (Å²) in [6.07, 6.45) is -0.865. The van der Waals surface area contributed by atoms with Gasteiger partial charge in [0.25, 0.3) is 5.91 Å². The number of rotatable bonds is 6. The minimum Gasteiger partial charge on any atom is -0.449 e. The molecule has 1 aromatic rings. The molecule has 0 fully saturated rings. The zero-order valence-electron chi connectivity index (χ0n) is 12.1. The minimum atomic E-state index is -0.865. The van der Waals surface area contributed by atoms with Gasteiger partial charge in [-0.1, -0.05) is 17.7 Å². The fraction of sp³-hybridized carbons (Fsp3) is 0.467. The van der Waals surface area contributed by atoms with Crippen LogP contribution >= 0.6 is 0 Å². The number of carbonyl (C=O) groups is 2. The Bertz CT molecular complexity index is 455. The second-order valence-corrected chi connectivity index (χ2v) is 4.56. The second-order valence-electron chi connectivity index (χ2n) is 4.56. The molecule has 1 amide bonds. The first-order valence-electron chi connectivity index (χ1n) is 6.66. The number of ether oxygens (including phenoxy) is 1. The van der Waals surface area contributed by atoms with Crippen molar-refractivity contribution >= 4 is 11.9 Å². The summed E-state index contributed by atoms with van der Waals surface area (Å²) < 4.78 is 5.16. The van der Waals surface area contributed by atoms with Crippen LogP contribution in [0.2, 0.25) is 0 Å². The van der Waals surface area contributed by atoms with E-state index in [-0.39, 0.29) is 19.1 Å². The van der Waals surface area contributed by atoms with E-state index in [1.165, 1.54) is 11.8 Å². The number of aliphatic hydroxyl groups is 1. The van der Waals surface area contributed by atoms with Crippen molar-refractivity contribution in [3.8, 4) is 0 Å². The Morgan fingerprint density at radius 3 is 2.40 bits per heavy atom. The number of benzene rings is 1. The number of hydrogen-bond donors (Lipinski definition) is 1. The van der Waals surface area contributed by atoms with Crippen LogP contribution in [0.4, 0.5) is 0 Å². The monoisotopic (exact) mass is 279 g/mol. The molecule has 0 saturated carbocycles. The zero-order chi connectivity index (χ0) is 15.1. The van der Waals surface area contributed by atoms with Gasteiger partial charge < -0.3 is 14.7 Å². The summed E-state index contributed by atoms with van der Waals surface area (Å²) in [5.74, 6) is -0.826. The third-order valence-electron chi connectivity index (χ3n) is 2.98. The molecule has 0 aliphatic rings. The maximum Gasteiger partial charge on any atom is 0.338 e. The van der Waals surface area contributed by atoms with Crippen molar-refractivity contribution in [3.63, 3.8) is 0 Å². The highest BCUT2D eigenvalue weighted by molar-refractivity contribution is 5.92. The molecule has 0 radical (unpaired) electrons. The number of aryl methyl sites for hydroxylation is 1. The number of amides is 1. The topological polar surface area (TPSA) is 66.8 Å². The lowest BCUT2D eigenvalue weighted by Crippen LogP contribution is -2.41. The second kappa shape index (κ2) is 7.65. The van der Waals surface area contributed by atoms with Gasteiger partial charge in [-0.15, -0.1) is 0 Å². The first kappa shape index (κ1) is 16.2. The van der Waals surface area contributed by atoms with E-state index >= 15 is 0 Å². The van der Waals surface area contributed by atoms with Gasteiger partial charge >= 0.3 is 5.97 Å². The summed E-state index contributed by atoms with van der Waals surface area (Å²) in [7, 11) is 0. The van der Waals surface area contributed by atoms with Crippen LogP contribution in [0.1, 0.15) is 29.8 Å². The molecular formula is C15H21NO4. The molecule has 1 rings (SSSR count). The number of carbonyl (C=O) groups excluding carboxylic acids is 2. The molecule has 110 valence electrons. The van der Waals surface area contributed by atoms with Gasteiger partial charge in [0.2, 0.25) is 0 Å². The molecule has 1 N–H and O–H groups in total. The minimum absolute atomic E-state index is 0.113. The molecule has 0 bridgehead atoms. The van der Waals surface area contributed by atoms with Crippen molar-refractivity contribution in [1.82, 2.24) is 4.90 Å². The van der Waals surface area contributed by atoms with Crippen LogP contribution in [0.3, 0.4) is 0 Å². The first-order chi connectivity index (χ1) is 9.49. The number of nitrogens with zero attached hydrogens (tertiary/aromatic N) is 1. The summed E-state index contributed by atoms with van der Waals surface area (Å²) in [6.45, 7) is 5.86. The predicted molar refractivity (Wildman–Crippen MR) is 75.4 cm³/mol. The molecule has 0 aromatic heterocycles. The van der Waals surface area contributed by atoms with Crippen molar-refractivity contribution in [2.24, 2.45) is 0 Å². The van der Waals surface area contributed by atoms with E-state index in [2.05, 4.69) is 0 Å². The lowest BCUT2D eigenvalue weighted by Gasteiger charge is -2.23. The van der Waals surface area contributed by atoms with E-state index < -0.39 is 12.1 Å². The highest BCUT2D eigenvalue weighted by Gasteiger charge is 2.23. The number of likely N-dealkylation sites (N-methyl/N-ethyl adjacent to an activating group) is 1. The lowest BCUT2D eigenvalue weighted by molar-refractivity contribution is -0.140. The third-order valence-corrected chi connectivity index (χ3v) is 2.98. The zero-order valence-corrected chi connectivity index (χ0v) is 12.1. The van der Waals surface area contributed by atoms with E-state index in [9.17, 15) is 9.59 Å². The van der Waals surface area contributed by atoms with Gasteiger partial charge in [-0.25, -0.2) is 4.79 Å². The molecule has 5 nitrogen and oxygen atoms in total. The van der Waals surface area contributed by atoms with Crippen molar-refractivity contribution < 1.29 is 19.4 Å². The van der Waals surface area contributed by atoms with E-state index in [4.69, 9.17) is 9.84 Å². The van der Waals surface area contributed by atoms with E-state index in [0.29, 0.717) is 12.1 Å². The maximum atomic E-state index is 12.0. The fourth-order valence-electron chi connectivity index (χ4n) is 1.77. The van der Waals surface area contributed by atoms with Crippen molar-refractivity contribution in [3.05, 3.63) is 35.4 Å². The summed E-state index contributed by atoms with van der Waals surface area (Å²) in [6, 6.07) is 6.96. The fourth-order valence-corrected chi connectivity index (χ4v) is 1.77. The van der Waals surface area contributed by atoms with Crippen LogP contribution in [0.25, 0.3) is 0 Å². The molecule has 5 heteroatoms. The quantitative estimate of drug-likeness (QED) is 0.799. The Balaban J connectivity index is 2.65. The van der Waals surface area contributed by atoms with Gasteiger partial charge in [0.05, 0.1) is 12.2 Å². The van der Waals surface area contributed by atoms with Crippen LogP contribution in [0, 0.1) is 6.92 Å². The molecular weight excluding hydrogens is 258 g/mol. The van der Waals surface area contributed by atoms with Gasteiger partial charge in [-0.2, -0.15) is 0 Å². The normalized spacial score (nSPS) is 11.8. The summed E-state index contributed by atoms with van der Waals surface area (Å²) >= 11 is 0. The molecule has 0 aliphatic carbocycles. The molecule has 1 aromatic carbocycles. The van der Waals surface area contributed by atoms with Gasteiger partial charge in [0.15, 0.2) is 6.10 Å². The number of aliphatic hydroxyl groups excluding tert-OH is 1. The van der Waals surface area contributed by atoms with Crippen molar-refractivity contribution in [1.29, 1.82) is 0 Å². The van der Waals surface area contributed by atoms with E-state index in [1.807, 2.05) is 26.0 Å². The maximum absolute atomic E-state index is 12.0. The molecule has 20 heavy (non-hydrogen) atoms. The van der Waals surface area contributed by atoms with E-state index in [0.717, 1.165) is 5.56 Å². The molecule has 0 spiro atoms. The SMILES string of the molecule is CCN(CCO)C(=O)C(C)OC(=O)c1ccc(C)cc1. The van der Waals surface area contributed by atoms with Crippen molar-refractivity contribution in [2.45, 2.75) is 26.9 Å². The highest BCUT2D eigenvalue weighted by Crippen LogP contribution is 2.08. The Hall–Kier alpha value is -1.88. The van der Waals surface area contributed by atoms with Crippen LogP contribution in [-0.2, 0) is 9.53 Å². The van der Waals surface area contributed by atoms with Crippen LogP contribution < -0.4 is 0 Å². The number of hydrogen-bond acceptors (Lipinski definition) is 4. The Labute approximate surface area is 119 Å². The van der Waals surface area contributed by atoms with Crippen LogP contribution in [0.15, 0.2) is 24.3 Å². The van der Waals surface area contributed by atoms with Gasteiger partial charge in [-0.3, -0.25) is 4.79 Å². The molecule has 0 aliphatic heterocycles. The van der Waals surface area contributed by atoms with Crippen LogP contribution in [0.5, 0.6) is 0 Å². The Morgan fingerprint density at radius 2 is 1.90 bits per heavy atom. The summed E-state index contributed by atoms with van der Waals surface area (Å²) in [5, 5.41) is 8.88. The molecule has 0 heterocycles. The first-order valence-corrected chi connectivity index (χ1v) is 6.66. The number of esters is 1. The molecule has 1 unspecified atom stereocenters. The standard InChI is InChI=1S/C15H21NO4/c1-4-16(9-10-17)14(18)12(3)20-15(19)13-7-5-11(2)6-8-13/h5-8,12,17H,4,9-10H2,1-3H3. The predicted octanol–water partition coefficient (Wildman–Crippen LogP) is 1.38. The summed E-state index contributed by atoms with van der Waals surface area (Å²) in [5.41, 5.74) is 1.46. The largest absolute Gasteiger partial charge is 0.449 e. The average molecular weight is 279 g/mol. The smallest absolute Gasteiger partial charge is 0.338 e. The van der Waals surface area contributed by atoms with Gasteiger partial charge in [0.1, 0.15) is 0 Å². The van der Waals surface area contributed by atoms with Crippen molar-refractivity contribution in [2.75, 3.05) is 19.7 Å². The lowest BCUT2D eigenvalue weighted by atomic mass is 10.1. The average Bonchev–Trinajstić information content (AvgIpc) is 2.44. The Morgan fingerprint density at radius 1 is 1.30 bits per heavy atom. The van der Waals surface area contributed by atoms with Gasteiger partial charge in [-0.05, 0) is 32.9 Å². The molecule has 1 atom stereocenters. The third kappa shape index (κ3) is 4.35. The Kier molecular flexibility index (Phi) is 6.18. The molecule has 0 saturated heterocycles.